The third kappa shape index (κ3) is 3.24. The minimum absolute atomic E-state index is 0.0575. The van der Waals surface area contributed by atoms with Crippen LogP contribution in [0, 0.1) is 13.8 Å². The van der Waals surface area contributed by atoms with Gasteiger partial charge in [0.05, 0.1) is 16.7 Å². The first-order valence-electron chi connectivity index (χ1n) is 8.13. The number of hydrogen-bond donors (Lipinski definition) is 1. The number of nitrogens with one attached hydrogen (secondary N) is 1. The van der Waals surface area contributed by atoms with Gasteiger partial charge in [-0.05, 0) is 31.5 Å². The van der Waals surface area contributed by atoms with Gasteiger partial charge in [0.2, 0.25) is 0 Å². The van der Waals surface area contributed by atoms with Crippen molar-refractivity contribution in [2.45, 2.75) is 25.4 Å². The summed E-state index contributed by atoms with van der Waals surface area (Å²) >= 11 is 9.54. The Morgan fingerprint density at radius 1 is 1.19 bits per heavy atom. The van der Waals surface area contributed by atoms with Gasteiger partial charge in [0.25, 0.3) is 5.56 Å². The zero-order valence-electron chi connectivity index (χ0n) is 14.3. The highest BCUT2D eigenvalue weighted by atomic mass is 35.5. The number of aromatic amines is 1. The van der Waals surface area contributed by atoms with Gasteiger partial charge in [-0.2, -0.15) is 0 Å². The van der Waals surface area contributed by atoms with Crippen LogP contribution in [0.1, 0.15) is 21.8 Å². The minimum atomic E-state index is -0.0575. The SMILES string of the molecule is Cc1sc2nc(CSCc3cc4ccccc4nc3Cl)[nH]c(=O)c2c1C. The minimum Gasteiger partial charge on any atom is -0.309 e. The average Bonchev–Trinajstić information content (AvgIpc) is 2.90. The predicted octanol–water partition coefficient (Wildman–Crippen LogP) is 5.24. The molecule has 4 rings (SSSR count). The van der Waals surface area contributed by atoms with Crippen molar-refractivity contribution in [1.29, 1.82) is 0 Å². The molecule has 0 fully saturated rings. The summed E-state index contributed by atoms with van der Waals surface area (Å²) in [4.78, 5) is 26.3. The molecule has 0 bridgehead atoms. The highest BCUT2D eigenvalue weighted by molar-refractivity contribution is 7.97. The Hall–Kier alpha value is -1.89. The molecule has 0 radical (unpaired) electrons. The molecule has 3 heterocycles. The molecule has 1 aromatic carbocycles. The van der Waals surface area contributed by atoms with Crippen molar-refractivity contribution in [1.82, 2.24) is 15.0 Å². The van der Waals surface area contributed by atoms with Gasteiger partial charge in [0.1, 0.15) is 15.8 Å². The maximum Gasteiger partial charge on any atom is 0.259 e. The second kappa shape index (κ2) is 7.02. The topological polar surface area (TPSA) is 58.6 Å². The lowest BCUT2D eigenvalue weighted by atomic mass is 10.2. The zero-order chi connectivity index (χ0) is 18.3. The number of rotatable bonds is 4. The maximum absolute atomic E-state index is 12.3. The Kier molecular flexibility index (Phi) is 4.73. The first-order valence-corrected chi connectivity index (χ1v) is 10.5. The van der Waals surface area contributed by atoms with E-state index >= 15 is 0 Å². The lowest BCUT2D eigenvalue weighted by molar-refractivity contribution is 1.04. The van der Waals surface area contributed by atoms with Crippen LogP contribution < -0.4 is 5.56 Å². The number of aromatic nitrogens is 3. The molecule has 7 heteroatoms. The summed E-state index contributed by atoms with van der Waals surface area (Å²) in [5, 5.41) is 2.31. The fourth-order valence-corrected chi connectivity index (χ4v) is 5.08. The quantitative estimate of drug-likeness (QED) is 0.475. The summed E-state index contributed by atoms with van der Waals surface area (Å²) in [5.74, 6) is 2.02. The molecule has 132 valence electrons. The van der Waals surface area contributed by atoms with Crippen molar-refractivity contribution < 1.29 is 0 Å². The van der Waals surface area contributed by atoms with Gasteiger partial charge in [-0.3, -0.25) is 4.79 Å². The molecule has 0 spiro atoms. The molecule has 0 aliphatic rings. The van der Waals surface area contributed by atoms with Crippen LogP contribution in [0.25, 0.3) is 21.1 Å². The van der Waals surface area contributed by atoms with Crippen molar-refractivity contribution >= 4 is 55.8 Å². The smallest absolute Gasteiger partial charge is 0.259 e. The number of thioether (sulfide) groups is 1. The normalized spacial score (nSPS) is 11.5. The van der Waals surface area contributed by atoms with Gasteiger partial charge < -0.3 is 4.98 Å². The Morgan fingerprint density at radius 2 is 2.00 bits per heavy atom. The number of aryl methyl sites for hydroxylation is 2. The fourth-order valence-electron chi connectivity index (χ4n) is 2.86. The highest BCUT2D eigenvalue weighted by Crippen LogP contribution is 2.28. The van der Waals surface area contributed by atoms with Crippen LogP contribution in [0.5, 0.6) is 0 Å². The van der Waals surface area contributed by atoms with Crippen molar-refractivity contribution in [3.63, 3.8) is 0 Å². The van der Waals surface area contributed by atoms with Gasteiger partial charge in [0, 0.05) is 21.6 Å². The van der Waals surface area contributed by atoms with E-state index in [1.165, 1.54) is 0 Å². The molecule has 1 N–H and O–H groups in total. The number of benzene rings is 1. The number of nitrogens with zero attached hydrogens (tertiary/aromatic N) is 2. The maximum atomic E-state index is 12.3. The molecule has 3 aromatic heterocycles. The van der Waals surface area contributed by atoms with E-state index < -0.39 is 0 Å². The van der Waals surface area contributed by atoms with E-state index in [0.29, 0.717) is 27.9 Å². The van der Waals surface area contributed by atoms with Crippen molar-refractivity contribution in [2.24, 2.45) is 0 Å². The Bertz CT molecular complexity index is 1180. The van der Waals surface area contributed by atoms with E-state index in [4.69, 9.17) is 11.6 Å². The van der Waals surface area contributed by atoms with E-state index in [1.54, 1.807) is 23.1 Å². The van der Waals surface area contributed by atoms with Crippen LogP contribution >= 0.6 is 34.7 Å². The third-order valence-corrected chi connectivity index (χ3v) is 6.76. The van der Waals surface area contributed by atoms with E-state index in [-0.39, 0.29) is 5.56 Å². The molecule has 0 aliphatic heterocycles. The van der Waals surface area contributed by atoms with E-state index in [2.05, 4.69) is 21.0 Å². The number of pyridine rings is 1. The molecule has 26 heavy (non-hydrogen) atoms. The Morgan fingerprint density at radius 3 is 2.85 bits per heavy atom. The van der Waals surface area contributed by atoms with E-state index in [1.807, 2.05) is 38.1 Å². The molecule has 4 nitrogen and oxygen atoms in total. The van der Waals surface area contributed by atoms with Gasteiger partial charge >= 0.3 is 0 Å². The lowest BCUT2D eigenvalue weighted by Crippen LogP contribution is -2.10. The van der Waals surface area contributed by atoms with Crippen molar-refractivity contribution in [2.75, 3.05) is 0 Å². The molecule has 0 amide bonds. The first-order chi connectivity index (χ1) is 12.5. The molecule has 0 unspecified atom stereocenters. The summed E-state index contributed by atoms with van der Waals surface area (Å²) in [6, 6.07) is 9.99. The van der Waals surface area contributed by atoms with Gasteiger partial charge in [0.15, 0.2) is 0 Å². The number of hydrogen-bond acceptors (Lipinski definition) is 5. The molecular weight excluding hydrogens is 386 g/mol. The summed E-state index contributed by atoms with van der Waals surface area (Å²) in [5.41, 5.74) is 2.84. The average molecular weight is 402 g/mol. The fraction of sp³-hybridized carbons (Fsp3) is 0.211. The molecular formula is C19H16ClN3OS2. The van der Waals surface area contributed by atoms with E-state index in [0.717, 1.165) is 31.7 Å². The van der Waals surface area contributed by atoms with Crippen LogP contribution in [0.15, 0.2) is 35.1 Å². The van der Waals surface area contributed by atoms with Gasteiger partial charge in [-0.25, -0.2) is 9.97 Å². The van der Waals surface area contributed by atoms with Crippen LogP contribution in [-0.4, -0.2) is 15.0 Å². The van der Waals surface area contributed by atoms with Crippen LogP contribution in [0.3, 0.4) is 0 Å². The summed E-state index contributed by atoms with van der Waals surface area (Å²) < 4.78 is 0. The number of H-pyrrole nitrogens is 1. The molecule has 0 saturated heterocycles. The zero-order valence-corrected chi connectivity index (χ0v) is 16.7. The van der Waals surface area contributed by atoms with Crippen LogP contribution in [0.4, 0.5) is 0 Å². The number of para-hydroxylation sites is 1. The van der Waals surface area contributed by atoms with Gasteiger partial charge in [-0.15, -0.1) is 23.1 Å². The predicted molar refractivity (Wildman–Crippen MR) is 111 cm³/mol. The Balaban J connectivity index is 1.54. The van der Waals surface area contributed by atoms with Crippen molar-refractivity contribution in [3.05, 3.63) is 67.7 Å². The summed E-state index contributed by atoms with van der Waals surface area (Å²) in [6.07, 6.45) is 0. The second-order valence-corrected chi connectivity index (χ2v) is 8.65. The molecule has 0 saturated carbocycles. The third-order valence-electron chi connectivity index (χ3n) is 4.33. The summed E-state index contributed by atoms with van der Waals surface area (Å²) in [7, 11) is 0. The van der Waals surface area contributed by atoms with Crippen molar-refractivity contribution in [3.8, 4) is 0 Å². The number of halogens is 1. The largest absolute Gasteiger partial charge is 0.309 e. The first kappa shape index (κ1) is 17.5. The molecule has 0 aliphatic carbocycles. The lowest BCUT2D eigenvalue weighted by Gasteiger charge is -2.06. The van der Waals surface area contributed by atoms with Gasteiger partial charge in [-0.1, -0.05) is 29.8 Å². The molecule has 0 atom stereocenters. The van der Waals surface area contributed by atoms with Crippen LogP contribution in [0.2, 0.25) is 5.15 Å². The summed E-state index contributed by atoms with van der Waals surface area (Å²) in [6.45, 7) is 3.98. The Labute approximate surface area is 163 Å². The molecule has 4 aromatic rings. The highest BCUT2D eigenvalue weighted by Gasteiger charge is 2.12. The van der Waals surface area contributed by atoms with E-state index in [9.17, 15) is 4.79 Å². The monoisotopic (exact) mass is 401 g/mol. The second-order valence-electron chi connectivity index (χ2n) is 6.10. The number of fused-ring (bicyclic) bond motifs is 2. The number of thiophene rings is 1. The van der Waals surface area contributed by atoms with Crippen LogP contribution in [-0.2, 0) is 11.5 Å². The standard InChI is InChI=1S/C19H16ClN3OS2/c1-10-11(2)26-19-16(10)18(24)22-15(23-19)9-25-8-13-7-12-5-3-4-6-14(12)21-17(13)20/h3-7H,8-9H2,1-2H3,(H,22,23,24).